The van der Waals surface area contributed by atoms with E-state index in [4.69, 9.17) is 9.47 Å². The van der Waals surface area contributed by atoms with Crippen molar-refractivity contribution in [3.05, 3.63) is 29.8 Å². The second kappa shape index (κ2) is 9.38. The van der Waals surface area contributed by atoms with Crippen LogP contribution in [0.15, 0.2) is 24.3 Å². The molecule has 2 N–H and O–H groups in total. The number of carbonyl (C=O) groups excluding carboxylic acids is 3. The van der Waals surface area contributed by atoms with Gasteiger partial charge in [0.1, 0.15) is 5.75 Å². The number of nitrogens with one attached hydrogen (secondary N) is 2. The number of ether oxygens (including phenoxy) is 2. The number of likely N-dealkylation sites (N-methyl/N-ethyl adjacent to an activating group) is 1. The van der Waals surface area contributed by atoms with Gasteiger partial charge in [0.15, 0.2) is 6.61 Å². The van der Waals surface area contributed by atoms with Crippen molar-refractivity contribution in [3.8, 4) is 5.75 Å². The van der Waals surface area contributed by atoms with Crippen LogP contribution >= 0.6 is 0 Å². The maximum absolute atomic E-state index is 11.7. The highest BCUT2D eigenvalue weighted by Gasteiger charge is 2.11. The number of hydrogen-bond donors (Lipinski definition) is 2. The summed E-state index contributed by atoms with van der Waals surface area (Å²) in [7, 11) is 0. The molecule has 0 saturated carbocycles. The normalized spacial score (nSPS) is 9.73. The summed E-state index contributed by atoms with van der Waals surface area (Å²) in [5, 5.41) is 4.89. The van der Waals surface area contributed by atoms with Crippen molar-refractivity contribution in [3.63, 3.8) is 0 Å². The van der Waals surface area contributed by atoms with Gasteiger partial charge in [-0.3, -0.25) is 9.59 Å². The topological polar surface area (TPSA) is 93.7 Å². The molecule has 7 nitrogen and oxygen atoms in total. The minimum atomic E-state index is -0.615. The molecule has 0 spiro atoms. The Balaban J connectivity index is 2.35. The smallest absolute Gasteiger partial charge is 0.338 e. The molecule has 0 bridgehead atoms. The van der Waals surface area contributed by atoms with E-state index in [0.717, 1.165) is 0 Å². The zero-order chi connectivity index (χ0) is 16.4. The highest BCUT2D eigenvalue weighted by Crippen LogP contribution is 2.12. The molecule has 7 heteroatoms. The SMILES string of the molecule is CCNC(=O)CNC(=O)COC(=O)c1ccc(OCC)cc1. The third-order valence-electron chi connectivity index (χ3n) is 2.56. The van der Waals surface area contributed by atoms with Crippen molar-refractivity contribution in [1.29, 1.82) is 0 Å². The Bertz CT molecular complexity index is 513. The van der Waals surface area contributed by atoms with Crippen LogP contribution in [-0.2, 0) is 14.3 Å². The first-order chi connectivity index (χ1) is 10.6. The van der Waals surface area contributed by atoms with Crippen molar-refractivity contribution in [2.24, 2.45) is 0 Å². The monoisotopic (exact) mass is 308 g/mol. The Kier molecular flexibility index (Phi) is 7.45. The van der Waals surface area contributed by atoms with Crippen LogP contribution in [0.3, 0.4) is 0 Å². The maximum atomic E-state index is 11.7. The van der Waals surface area contributed by atoms with Crippen LogP contribution in [-0.4, -0.2) is 44.1 Å². The van der Waals surface area contributed by atoms with Gasteiger partial charge in [0.2, 0.25) is 5.91 Å². The molecule has 0 fully saturated rings. The zero-order valence-electron chi connectivity index (χ0n) is 12.7. The molecule has 120 valence electrons. The largest absolute Gasteiger partial charge is 0.494 e. The number of benzene rings is 1. The second-order valence-electron chi connectivity index (χ2n) is 4.26. The fourth-order valence-electron chi connectivity index (χ4n) is 1.56. The fraction of sp³-hybridized carbons (Fsp3) is 0.400. The average molecular weight is 308 g/mol. The van der Waals surface area contributed by atoms with Gasteiger partial charge in [-0.15, -0.1) is 0 Å². The van der Waals surface area contributed by atoms with Crippen LogP contribution in [0.4, 0.5) is 0 Å². The molecular formula is C15H20N2O5. The molecular weight excluding hydrogens is 288 g/mol. The molecule has 0 aromatic heterocycles. The van der Waals surface area contributed by atoms with Gasteiger partial charge in [0.05, 0.1) is 18.7 Å². The van der Waals surface area contributed by atoms with Gasteiger partial charge >= 0.3 is 5.97 Å². The molecule has 0 unspecified atom stereocenters. The van der Waals surface area contributed by atoms with Crippen LogP contribution in [0.5, 0.6) is 5.75 Å². The van der Waals surface area contributed by atoms with Gasteiger partial charge in [-0.2, -0.15) is 0 Å². The lowest BCUT2D eigenvalue weighted by Crippen LogP contribution is -2.38. The van der Waals surface area contributed by atoms with Gasteiger partial charge in [-0.25, -0.2) is 4.79 Å². The van der Waals surface area contributed by atoms with Crippen LogP contribution in [0.1, 0.15) is 24.2 Å². The summed E-state index contributed by atoms with van der Waals surface area (Å²) in [6.45, 7) is 4.08. The number of amides is 2. The van der Waals surface area contributed by atoms with Gasteiger partial charge in [0.25, 0.3) is 5.91 Å². The van der Waals surface area contributed by atoms with Crippen LogP contribution < -0.4 is 15.4 Å². The van der Waals surface area contributed by atoms with Crippen molar-refractivity contribution in [2.45, 2.75) is 13.8 Å². The Morgan fingerprint density at radius 2 is 1.68 bits per heavy atom. The second-order valence-corrected chi connectivity index (χ2v) is 4.26. The van der Waals surface area contributed by atoms with E-state index in [2.05, 4.69) is 10.6 Å². The van der Waals surface area contributed by atoms with Crippen LogP contribution in [0.25, 0.3) is 0 Å². The van der Waals surface area contributed by atoms with E-state index in [1.54, 1.807) is 31.2 Å². The van der Waals surface area contributed by atoms with Crippen molar-refractivity contribution >= 4 is 17.8 Å². The third kappa shape index (κ3) is 6.25. The summed E-state index contributed by atoms with van der Waals surface area (Å²) in [5.41, 5.74) is 0.319. The molecule has 2 amide bonds. The zero-order valence-corrected chi connectivity index (χ0v) is 12.7. The summed E-state index contributed by atoms with van der Waals surface area (Å²) < 4.78 is 10.1. The van der Waals surface area contributed by atoms with Gasteiger partial charge in [0, 0.05) is 6.54 Å². The van der Waals surface area contributed by atoms with Crippen molar-refractivity contribution in [1.82, 2.24) is 10.6 Å². The number of carbonyl (C=O) groups is 3. The van der Waals surface area contributed by atoms with E-state index in [1.807, 2.05) is 6.92 Å². The van der Waals surface area contributed by atoms with E-state index in [-0.39, 0.29) is 12.5 Å². The number of esters is 1. The van der Waals surface area contributed by atoms with E-state index in [1.165, 1.54) is 0 Å². The molecule has 1 aromatic rings. The summed E-state index contributed by atoms with van der Waals surface area (Å²) in [6, 6.07) is 6.41. The molecule has 0 radical (unpaired) electrons. The molecule has 0 aliphatic carbocycles. The van der Waals surface area contributed by atoms with E-state index < -0.39 is 18.5 Å². The minimum absolute atomic E-state index is 0.146. The minimum Gasteiger partial charge on any atom is -0.494 e. The third-order valence-corrected chi connectivity index (χ3v) is 2.56. The Morgan fingerprint density at radius 1 is 1.00 bits per heavy atom. The molecule has 0 aliphatic heterocycles. The summed E-state index contributed by atoms with van der Waals surface area (Å²) >= 11 is 0. The van der Waals surface area contributed by atoms with Gasteiger partial charge in [-0.05, 0) is 38.1 Å². The Morgan fingerprint density at radius 3 is 2.27 bits per heavy atom. The maximum Gasteiger partial charge on any atom is 0.338 e. The predicted molar refractivity (Wildman–Crippen MR) is 79.6 cm³/mol. The summed E-state index contributed by atoms with van der Waals surface area (Å²) in [6.07, 6.45) is 0. The molecule has 0 heterocycles. The van der Waals surface area contributed by atoms with Crippen molar-refractivity contribution in [2.75, 3.05) is 26.3 Å². The van der Waals surface area contributed by atoms with Crippen LogP contribution in [0, 0.1) is 0 Å². The summed E-state index contributed by atoms with van der Waals surface area (Å²) in [5.74, 6) is -0.797. The van der Waals surface area contributed by atoms with Crippen LogP contribution in [0.2, 0.25) is 0 Å². The number of rotatable bonds is 8. The first-order valence-electron chi connectivity index (χ1n) is 7.00. The standard InChI is InChI=1S/C15H20N2O5/c1-3-16-13(18)9-17-14(19)10-22-15(20)11-5-7-12(8-6-11)21-4-2/h5-8H,3-4,9-10H2,1-2H3,(H,16,18)(H,17,19). The lowest BCUT2D eigenvalue weighted by Gasteiger charge is -2.07. The van der Waals surface area contributed by atoms with Crippen molar-refractivity contribution < 1.29 is 23.9 Å². The fourth-order valence-corrected chi connectivity index (χ4v) is 1.56. The lowest BCUT2D eigenvalue weighted by atomic mass is 10.2. The average Bonchev–Trinajstić information content (AvgIpc) is 2.52. The molecule has 0 saturated heterocycles. The van der Waals surface area contributed by atoms with Gasteiger partial charge < -0.3 is 20.1 Å². The highest BCUT2D eigenvalue weighted by atomic mass is 16.5. The molecule has 22 heavy (non-hydrogen) atoms. The number of hydrogen-bond acceptors (Lipinski definition) is 5. The molecule has 1 aromatic carbocycles. The first kappa shape index (κ1) is 17.5. The first-order valence-corrected chi connectivity index (χ1v) is 7.00. The quantitative estimate of drug-likeness (QED) is 0.682. The summed E-state index contributed by atoms with van der Waals surface area (Å²) in [4.78, 5) is 34.3. The van der Waals surface area contributed by atoms with E-state index in [9.17, 15) is 14.4 Å². The van der Waals surface area contributed by atoms with E-state index in [0.29, 0.717) is 24.5 Å². The Labute approximate surface area is 129 Å². The molecule has 0 aliphatic rings. The molecule has 1 rings (SSSR count). The lowest BCUT2D eigenvalue weighted by molar-refractivity contribution is -0.127. The van der Waals surface area contributed by atoms with Gasteiger partial charge in [-0.1, -0.05) is 0 Å². The molecule has 0 atom stereocenters. The highest BCUT2D eigenvalue weighted by molar-refractivity contribution is 5.92. The predicted octanol–water partition coefficient (Wildman–Crippen LogP) is 0.494. The Hall–Kier alpha value is -2.57. The van der Waals surface area contributed by atoms with E-state index >= 15 is 0 Å².